The summed E-state index contributed by atoms with van der Waals surface area (Å²) < 4.78 is 13.2. The van der Waals surface area contributed by atoms with Crippen LogP contribution in [0, 0.1) is 5.41 Å². The van der Waals surface area contributed by atoms with Crippen molar-refractivity contribution >= 4 is 17.0 Å². The molecule has 1 spiro atoms. The molecular weight excluding hydrogens is 280 g/mol. The lowest BCUT2D eigenvalue weighted by molar-refractivity contribution is 0.0974. The second-order valence-electron chi connectivity index (χ2n) is 6.30. The van der Waals surface area contributed by atoms with Crippen molar-refractivity contribution in [2.24, 2.45) is 11.1 Å². The van der Waals surface area contributed by atoms with Gasteiger partial charge in [-0.1, -0.05) is 0 Å². The maximum Gasteiger partial charge on any atom is 0.181 e. The van der Waals surface area contributed by atoms with E-state index in [2.05, 4.69) is 31.8 Å². The maximum absolute atomic E-state index is 7.43. The summed E-state index contributed by atoms with van der Waals surface area (Å²) in [5, 5.41) is 0. The van der Waals surface area contributed by atoms with E-state index in [1.165, 1.54) is 0 Å². The number of anilines is 1. The third-order valence-electron chi connectivity index (χ3n) is 5.10. The van der Waals surface area contributed by atoms with Crippen LogP contribution in [0.15, 0.2) is 18.7 Å². The van der Waals surface area contributed by atoms with Crippen molar-refractivity contribution in [1.82, 2.24) is 19.9 Å². The highest BCUT2D eigenvalue weighted by Gasteiger charge is 2.47. The molecule has 2 aliphatic rings. The first-order chi connectivity index (χ1) is 11.1. The second-order valence-corrected chi connectivity index (χ2v) is 6.30. The summed E-state index contributed by atoms with van der Waals surface area (Å²) in [6, 6.07) is 0.108. The number of rotatable bonds is 1. The molecule has 0 aromatic carbocycles. The van der Waals surface area contributed by atoms with Crippen molar-refractivity contribution < 1.29 is 6.11 Å². The van der Waals surface area contributed by atoms with E-state index in [0.717, 1.165) is 38.4 Å². The van der Waals surface area contributed by atoms with Gasteiger partial charge < -0.3 is 15.4 Å². The largest absolute Gasteiger partial charge is 0.376 e. The normalized spacial score (nSPS) is 28.3. The minimum absolute atomic E-state index is 0.0381. The summed E-state index contributed by atoms with van der Waals surface area (Å²) in [5.41, 5.74) is 7.53. The van der Waals surface area contributed by atoms with Crippen LogP contribution in [0.3, 0.4) is 0 Å². The Kier molecular flexibility index (Phi) is 2.94. The number of piperidine rings is 1. The van der Waals surface area contributed by atoms with E-state index in [-0.39, 0.29) is 23.9 Å². The molecule has 2 atom stereocenters. The summed E-state index contributed by atoms with van der Waals surface area (Å²) in [6.45, 7) is 4.59. The molecule has 4 heterocycles. The van der Waals surface area contributed by atoms with Crippen LogP contribution >= 0.6 is 0 Å². The fraction of sp³-hybridized carbons (Fsp3) is 0.600. The Hall–Kier alpha value is -1.86. The number of nitrogens with two attached hydrogens (primary N) is 1. The molecule has 2 aromatic heterocycles. The molecule has 22 heavy (non-hydrogen) atoms. The van der Waals surface area contributed by atoms with Crippen LogP contribution in [-0.2, 0) is 4.74 Å². The van der Waals surface area contributed by atoms with Gasteiger partial charge in [-0.05, 0) is 19.8 Å². The van der Waals surface area contributed by atoms with Crippen LogP contribution in [0.25, 0.3) is 11.2 Å². The topological polar surface area (TPSA) is 90.0 Å². The zero-order chi connectivity index (χ0) is 16.0. The first kappa shape index (κ1) is 12.7. The molecule has 0 aliphatic carbocycles. The molecule has 2 saturated heterocycles. The highest BCUT2D eigenvalue weighted by atomic mass is 16.5. The lowest BCUT2D eigenvalue weighted by Crippen LogP contribution is -2.50. The predicted octanol–water partition coefficient (Wildman–Crippen LogP) is 0.752. The van der Waals surface area contributed by atoms with E-state index in [1.54, 1.807) is 12.4 Å². The van der Waals surface area contributed by atoms with Crippen LogP contribution in [0.1, 0.15) is 21.1 Å². The number of hydrogen-bond acceptors (Lipinski definition) is 7. The molecule has 116 valence electrons. The van der Waals surface area contributed by atoms with E-state index in [0.29, 0.717) is 11.2 Å². The van der Waals surface area contributed by atoms with Gasteiger partial charge in [0.15, 0.2) is 5.65 Å². The molecule has 0 amide bonds. The highest BCUT2D eigenvalue weighted by molar-refractivity contribution is 5.69. The van der Waals surface area contributed by atoms with Crippen molar-refractivity contribution in [1.29, 1.82) is 0 Å². The first-order valence-electron chi connectivity index (χ1n) is 8.16. The van der Waals surface area contributed by atoms with Gasteiger partial charge in [-0.25, -0.2) is 19.9 Å². The smallest absolute Gasteiger partial charge is 0.181 e. The Morgan fingerprint density at radius 3 is 2.91 bits per heavy atom. The number of fused-ring (bicyclic) bond motifs is 1. The quantitative estimate of drug-likeness (QED) is 0.831. The van der Waals surface area contributed by atoms with Gasteiger partial charge in [-0.3, -0.25) is 0 Å². The number of ether oxygens (including phenoxy) is 1. The maximum atomic E-state index is 7.43. The highest BCUT2D eigenvalue weighted by Crippen LogP contribution is 2.41. The van der Waals surface area contributed by atoms with Crippen molar-refractivity contribution in [3.8, 4) is 0 Å². The average Bonchev–Trinajstić information content (AvgIpc) is 2.84. The number of nitrogens with zero attached hydrogens (tertiary/aromatic N) is 5. The van der Waals surface area contributed by atoms with E-state index in [9.17, 15) is 0 Å². The molecule has 2 aromatic rings. The second kappa shape index (κ2) is 5.10. The lowest BCUT2D eigenvalue weighted by Gasteiger charge is -2.41. The monoisotopic (exact) mass is 301 g/mol. The van der Waals surface area contributed by atoms with Crippen molar-refractivity contribution in [3.05, 3.63) is 18.7 Å². The molecule has 7 heteroatoms. The van der Waals surface area contributed by atoms with Crippen LogP contribution in [0.2, 0.25) is 0 Å². The van der Waals surface area contributed by atoms with E-state index >= 15 is 0 Å². The van der Waals surface area contributed by atoms with E-state index in [4.69, 9.17) is 11.8 Å². The zero-order valence-corrected chi connectivity index (χ0v) is 12.6. The SMILES string of the molecule is [2H]c1ncc2nc(N3CCC4(CC3)CO[C@@H](C)[C@H]4N)cnc2n1. The first-order valence-corrected chi connectivity index (χ1v) is 7.66. The minimum atomic E-state index is -0.0381. The van der Waals surface area contributed by atoms with Gasteiger partial charge in [0.25, 0.3) is 0 Å². The Morgan fingerprint density at radius 2 is 2.18 bits per heavy atom. The number of hydrogen-bond donors (Lipinski definition) is 1. The molecule has 4 rings (SSSR count). The summed E-state index contributed by atoms with van der Waals surface area (Å²) >= 11 is 0. The van der Waals surface area contributed by atoms with Gasteiger partial charge in [0.1, 0.15) is 19.0 Å². The van der Waals surface area contributed by atoms with Gasteiger partial charge in [0.2, 0.25) is 0 Å². The van der Waals surface area contributed by atoms with Gasteiger partial charge in [0, 0.05) is 24.5 Å². The Labute approximate surface area is 130 Å². The van der Waals surface area contributed by atoms with Gasteiger partial charge in [0.05, 0.1) is 25.1 Å². The van der Waals surface area contributed by atoms with Crippen molar-refractivity contribution in [2.45, 2.75) is 31.9 Å². The van der Waals surface area contributed by atoms with Crippen LogP contribution in [-0.4, -0.2) is 51.8 Å². The fourth-order valence-corrected chi connectivity index (χ4v) is 3.53. The predicted molar refractivity (Wildman–Crippen MR) is 82.4 cm³/mol. The summed E-state index contributed by atoms with van der Waals surface area (Å²) in [6.07, 6.45) is 5.37. The Balaban J connectivity index is 1.53. The average molecular weight is 301 g/mol. The molecule has 0 bridgehead atoms. The van der Waals surface area contributed by atoms with Crippen molar-refractivity contribution in [2.75, 3.05) is 24.6 Å². The third-order valence-corrected chi connectivity index (χ3v) is 5.10. The number of aromatic nitrogens is 4. The summed E-state index contributed by atoms with van der Waals surface area (Å²) in [7, 11) is 0. The van der Waals surface area contributed by atoms with Crippen LogP contribution in [0.4, 0.5) is 5.82 Å². The summed E-state index contributed by atoms with van der Waals surface area (Å²) in [4.78, 5) is 19.0. The Morgan fingerprint density at radius 1 is 1.36 bits per heavy atom. The van der Waals surface area contributed by atoms with Gasteiger partial charge in [-0.15, -0.1) is 0 Å². The molecule has 7 nitrogen and oxygen atoms in total. The molecule has 2 aliphatic heterocycles. The molecule has 0 saturated carbocycles. The van der Waals surface area contributed by atoms with Crippen molar-refractivity contribution in [3.63, 3.8) is 0 Å². The molecule has 0 unspecified atom stereocenters. The van der Waals surface area contributed by atoms with E-state index in [1.807, 2.05) is 0 Å². The van der Waals surface area contributed by atoms with E-state index < -0.39 is 0 Å². The Bertz CT molecular complexity index is 733. The molecule has 2 N–H and O–H groups in total. The zero-order valence-electron chi connectivity index (χ0n) is 13.6. The van der Waals surface area contributed by atoms with Crippen LogP contribution < -0.4 is 10.6 Å². The lowest BCUT2D eigenvalue weighted by atomic mass is 9.73. The third kappa shape index (κ3) is 2.12. The fourth-order valence-electron chi connectivity index (χ4n) is 3.53. The van der Waals surface area contributed by atoms with Gasteiger partial charge in [-0.2, -0.15) is 0 Å². The minimum Gasteiger partial charge on any atom is -0.376 e. The molecular formula is C15H20N6O. The summed E-state index contributed by atoms with van der Waals surface area (Å²) in [5.74, 6) is 0.828. The molecule has 2 fully saturated rings. The van der Waals surface area contributed by atoms with Gasteiger partial charge >= 0.3 is 0 Å². The molecule has 0 radical (unpaired) electrons. The van der Waals surface area contributed by atoms with Crippen LogP contribution in [0.5, 0.6) is 0 Å². The standard InChI is InChI=1S/C15H20N6O/c1-10-13(16)15(8-22-10)2-4-21(5-3-15)12-7-18-14-11(20-12)6-17-9-19-14/h6-7,9-10,13H,2-5,8,16H2,1H3/t10-,13+/m0/s1/i9D.